The summed E-state index contributed by atoms with van der Waals surface area (Å²) in [7, 11) is 0. The summed E-state index contributed by atoms with van der Waals surface area (Å²) in [6.45, 7) is 4.13. The first kappa shape index (κ1) is 15.6. The fraction of sp³-hybridized carbons (Fsp3) is 0.263. The van der Waals surface area contributed by atoms with E-state index in [-0.39, 0.29) is 11.1 Å². The highest BCUT2D eigenvalue weighted by molar-refractivity contribution is 5.90. The second kappa shape index (κ2) is 6.19. The first-order chi connectivity index (χ1) is 12.2. The second-order valence-electron chi connectivity index (χ2n) is 5.94. The van der Waals surface area contributed by atoms with E-state index in [1.54, 1.807) is 6.92 Å². The van der Waals surface area contributed by atoms with Crippen LogP contribution >= 0.6 is 0 Å². The predicted octanol–water partition coefficient (Wildman–Crippen LogP) is 3.65. The van der Waals surface area contributed by atoms with E-state index in [9.17, 15) is 5.26 Å². The van der Waals surface area contributed by atoms with Crippen molar-refractivity contribution in [3.8, 4) is 17.2 Å². The highest BCUT2D eigenvalue weighted by Gasteiger charge is 2.25. The maximum atomic E-state index is 15.2. The molecule has 0 unspecified atom stereocenters. The zero-order chi connectivity index (χ0) is 17.4. The Hall–Kier alpha value is -2.91. The molecule has 4 rings (SSSR count). The summed E-state index contributed by atoms with van der Waals surface area (Å²) in [6, 6.07) is 11.7. The van der Waals surface area contributed by atoms with Gasteiger partial charge in [-0.15, -0.1) is 0 Å². The molecule has 0 bridgehead atoms. The van der Waals surface area contributed by atoms with Crippen molar-refractivity contribution in [2.75, 3.05) is 31.2 Å². The number of oxazole rings is 1. The summed E-state index contributed by atoms with van der Waals surface area (Å²) in [5, 5.41) is 9.61. The molecule has 0 aliphatic carbocycles. The van der Waals surface area contributed by atoms with Crippen LogP contribution in [0.5, 0.6) is 0 Å². The third-order valence-electron chi connectivity index (χ3n) is 4.48. The van der Waals surface area contributed by atoms with E-state index in [0.29, 0.717) is 54.6 Å². The number of anilines is 1. The molecule has 1 saturated heterocycles. The summed E-state index contributed by atoms with van der Waals surface area (Å²) in [5.41, 5.74) is 2.31. The summed E-state index contributed by atoms with van der Waals surface area (Å²) in [5.74, 6) is -0.482. The molecule has 0 radical (unpaired) electrons. The third-order valence-corrected chi connectivity index (χ3v) is 4.48. The van der Waals surface area contributed by atoms with E-state index >= 15 is 4.39 Å². The van der Waals surface area contributed by atoms with Crippen LogP contribution in [-0.4, -0.2) is 31.3 Å². The van der Waals surface area contributed by atoms with Crippen molar-refractivity contribution in [3.05, 3.63) is 47.3 Å². The molecule has 1 fully saturated rings. The Labute approximate surface area is 144 Å². The Morgan fingerprint density at radius 2 is 1.92 bits per heavy atom. The number of hydrogen-bond donors (Lipinski definition) is 0. The fourth-order valence-corrected chi connectivity index (χ4v) is 3.18. The lowest BCUT2D eigenvalue weighted by Gasteiger charge is -2.24. The van der Waals surface area contributed by atoms with Crippen LogP contribution in [0.2, 0.25) is 0 Å². The van der Waals surface area contributed by atoms with Gasteiger partial charge in [0.1, 0.15) is 11.6 Å². The Kier molecular flexibility index (Phi) is 3.86. The number of halogens is 1. The van der Waals surface area contributed by atoms with Gasteiger partial charge < -0.3 is 14.1 Å². The average Bonchev–Trinajstić information content (AvgIpc) is 3.09. The number of benzene rings is 2. The molecule has 0 amide bonds. The van der Waals surface area contributed by atoms with Crippen LogP contribution in [0.1, 0.15) is 11.1 Å². The lowest BCUT2D eigenvalue weighted by Crippen LogP contribution is -2.36. The van der Waals surface area contributed by atoms with Gasteiger partial charge in [-0.25, -0.2) is 4.39 Å². The molecule has 0 N–H and O–H groups in total. The first-order valence-corrected chi connectivity index (χ1v) is 8.11. The van der Waals surface area contributed by atoms with Gasteiger partial charge in [0, 0.05) is 18.7 Å². The molecule has 0 atom stereocenters. The quantitative estimate of drug-likeness (QED) is 0.714. The summed E-state index contributed by atoms with van der Waals surface area (Å²) < 4.78 is 26.3. The van der Waals surface area contributed by atoms with Crippen molar-refractivity contribution in [2.24, 2.45) is 0 Å². The van der Waals surface area contributed by atoms with Gasteiger partial charge in [0.25, 0.3) is 6.01 Å². The lowest BCUT2D eigenvalue weighted by molar-refractivity contribution is 0.120. The highest BCUT2D eigenvalue weighted by Crippen LogP contribution is 2.37. The van der Waals surface area contributed by atoms with Crippen molar-refractivity contribution in [1.82, 2.24) is 4.98 Å². The van der Waals surface area contributed by atoms with E-state index in [0.717, 1.165) is 0 Å². The van der Waals surface area contributed by atoms with Crippen molar-refractivity contribution in [1.29, 1.82) is 5.26 Å². The van der Waals surface area contributed by atoms with Gasteiger partial charge >= 0.3 is 0 Å². The SMILES string of the molecule is Cc1c(-c2ccccc2)c(F)c2oc(N3CCOCC3)nc2c1C#N. The van der Waals surface area contributed by atoms with Gasteiger partial charge in [-0.2, -0.15) is 10.2 Å². The van der Waals surface area contributed by atoms with E-state index in [1.165, 1.54) is 0 Å². The average molecular weight is 337 g/mol. The number of nitriles is 1. The Balaban J connectivity index is 1.95. The van der Waals surface area contributed by atoms with Gasteiger partial charge in [-0.1, -0.05) is 30.3 Å². The maximum Gasteiger partial charge on any atom is 0.298 e. The second-order valence-corrected chi connectivity index (χ2v) is 5.94. The molecule has 2 heterocycles. The fourth-order valence-electron chi connectivity index (χ4n) is 3.18. The Morgan fingerprint density at radius 1 is 1.20 bits per heavy atom. The van der Waals surface area contributed by atoms with Crippen molar-refractivity contribution in [2.45, 2.75) is 6.92 Å². The van der Waals surface area contributed by atoms with Gasteiger partial charge in [-0.05, 0) is 18.1 Å². The summed E-state index contributed by atoms with van der Waals surface area (Å²) in [6.07, 6.45) is 0. The van der Waals surface area contributed by atoms with Crippen LogP contribution in [0.25, 0.3) is 22.2 Å². The standard InChI is InChI=1S/C19H16FN3O2/c1-12-14(11-21)17-18(16(20)15(12)13-5-3-2-4-6-13)25-19(22-17)23-7-9-24-10-8-23/h2-6H,7-10H2,1H3. The van der Waals surface area contributed by atoms with Crippen LogP contribution in [-0.2, 0) is 4.74 Å². The number of hydrogen-bond acceptors (Lipinski definition) is 5. The van der Waals surface area contributed by atoms with Gasteiger partial charge in [0.15, 0.2) is 11.4 Å². The van der Waals surface area contributed by atoms with Crippen molar-refractivity contribution < 1.29 is 13.5 Å². The normalized spacial score (nSPS) is 14.7. The van der Waals surface area contributed by atoms with Crippen LogP contribution in [0.15, 0.2) is 34.7 Å². The van der Waals surface area contributed by atoms with Gasteiger partial charge in [0.2, 0.25) is 0 Å². The van der Waals surface area contributed by atoms with Crippen LogP contribution in [0.3, 0.4) is 0 Å². The number of morpholine rings is 1. The lowest BCUT2D eigenvalue weighted by atomic mass is 9.95. The zero-order valence-electron chi connectivity index (χ0n) is 13.8. The number of rotatable bonds is 2. The summed E-state index contributed by atoms with van der Waals surface area (Å²) >= 11 is 0. The van der Waals surface area contributed by atoms with E-state index in [2.05, 4.69) is 11.1 Å². The van der Waals surface area contributed by atoms with Crippen molar-refractivity contribution in [3.63, 3.8) is 0 Å². The molecule has 3 aromatic rings. The molecule has 1 aliphatic heterocycles. The maximum absolute atomic E-state index is 15.2. The molecule has 0 spiro atoms. The molecule has 1 aromatic heterocycles. The smallest absolute Gasteiger partial charge is 0.298 e. The molecule has 6 heteroatoms. The Bertz CT molecular complexity index is 970. The van der Waals surface area contributed by atoms with Gasteiger partial charge in [0.05, 0.1) is 18.8 Å². The topological polar surface area (TPSA) is 62.3 Å². The number of ether oxygens (including phenoxy) is 1. The largest absolute Gasteiger partial charge is 0.420 e. The number of fused-ring (bicyclic) bond motifs is 1. The zero-order valence-corrected chi connectivity index (χ0v) is 13.8. The minimum atomic E-state index is -0.482. The third kappa shape index (κ3) is 2.53. The summed E-state index contributed by atoms with van der Waals surface area (Å²) in [4.78, 5) is 6.31. The van der Waals surface area contributed by atoms with Gasteiger partial charge in [-0.3, -0.25) is 0 Å². The van der Waals surface area contributed by atoms with Crippen molar-refractivity contribution >= 4 is 17.1 Å². The molecular formula is C19H16FN3O2. The highest BCUT2D eigenvalue weighted by atomic mass is 19.1. The molecule has 0 saturated carbocycles. The van der Waals surface area contributed by atoms with Crippen LogP contribution in [0.4, 0.5) is 10.4 Å². The van der Waals surface area contributed by atoms with E-state index in [1.807, 2.05) is 35.2 Å². The Morgan fingerprint density at radius 3 is 2.60 bits per heavy atom. The van der Waals surface area contributed by atoms with E-state index in [4.69, 9.17) is 9.15 Å². The molecule has 126 valence electrons. The minimum Gasteiger partial charge on any atom is -0.420 e. The molecule has 1 aliphatic rings. The first-order valence-electron chi connectivity index (χ1n) is 8.11. The number of aromatic nitrogens is 1. The number of nitrogens with zero attached hydrogens (tertiary/aromatic N) is 3. The molecule has 2 aromatic carbocycles. The molecule has 25 heavy (non-hydrogen) atoms. The monoisotopic (exact) mass is 337 g/mol. The van der Waals surface area contributed by atoms with E-state index < -0.39 is 5.82 Å². The molecular weight excluding hydrogens is 321 g/mol. The minimum absolute atomic E-state index is 0.0301. The van der Waals surface area contributed by atoms with Crippen LogP contribution in [0, 0.1) is 24.1 Å². The predicted molar refractivity (Wildman–Crippen MR) is 91.9 cm³/mol. The molecule has 5 nitrogen and oxygen atoms in total. The van der Waals surface area contributed by atoms with Crippen LogP contribution < -0.4 is 4.90 Å².